The molecule has 1 N–H and O–H groups in total. The molecule has 0 bridgehead atoms. The summed E-state index contributed by atoms with van der Waals surface area (Å²) in [5.41, 5.74) is 2.26. The highest BCUT2D eigenvalue weighted by Gasteiger charge is 2.22. The van der Waals surface area contributed by atoms with Crippen LogP contribution < -0.4 is 9.47 Å². The number of hydrogen-bond acceptors (Lipinski definition) is 5. The summed E-state index contributed by atoms with van der Waals surface area (Å²) in [7, 11) is 1.55. The van der Waals surface area contributed by atoms with Gasteiger partial charge in [0.2, 0.25) is 0 Å². The maximum Gasteiger partial charge on any atom is 0.307 e. The Balaban J connectivity index is 2.01. The van der Waals surface area contributed by atoms with Crippen LogP contribution >= 0.6 is 0 Å². The summed E-state index contributed by atoms with van der Waals surface area (Å²) in [6, 6.07) is 12.2. The Bertz CT molecular complexity index is 1070. The van der Waals surface area contributed by atoms with Crippen LogP contribution in [0.2, 0.25) is 0 Å². The largest absolute Gasteiger partial charge is 0.497 e. The summed E-state index contributed by atoms with van der Waals surface area (Å²) in [5, 5.41) is 10.0. The summed E-state index contributed by atoms with van der Waals surface area (Å²) in [4.78, 5) is 24.8. The predicted molar refractivity (Wildman–Crippen MR) is 113 cm³/mol. The second kappa shape index (κ2) is 9.45. The highest BCUT2D eigenvalue weighted by atomic mass is 16.5. The molecule has 0 unspecified atom stereocenters. The van der Waals surface area contributed by atoms with E-state index in [9.17, 15) is 14.7 Å². The van der Waals surface area contributed by atoms with Crippen LogP contribution in [0.1, 0.15) is 28.5 Å². The number of carboxylic acids is 1. The number of nitrogens with zero attached hydrogens (tertiary/aromatic N) is 1. The first-order valence-corrected chi connectivity index (χ1v) is 9.71. The summed E-state index contributed by atoms with van der Waals surface area (Å²) in [5.74, 6) is -0.0443. The lowest BCUT2D eigenvalue weighted by molar-refractivity contribution is -0.136. The van der Waals surface area contributed by atoms with Crippen molar-refractivity contribution >= 4 is 22.8 Å². The van der Waals surface area contributed by atoms with E-state index in [0.717, 1.165) is 0 Å². The molecule has 0 aliphatic heterocycles. The van der Waals surface area contributed by atoms with Crippen LogP contribution in [0.5, 0.6) is 11.5 Å². The molecule has 1 aromatic heterocycles. The zero-order valence-corrected chi connectivity index (χ0v) is 17.3. The van der Waals surface area contributed by atoms with Crippen molar-refractivity contribution < 1.29 is 28.9 Å². The number of carbonyl (C=O) groups excluding carboxylic acids is 1. The number of carbonyl (C=O) groups is 2. The number of rotatable bonds is 9. The molecule has 0 radical (unpaired) electrons. The number of methoxy groups -OCH3 is 1. The van der Waals surface area contributed by atoms with Crippen LogP contribution in [0.4, 0.5) is 0 Å². The molecular weight excluding hydrogens is 386 g/mol. The molecule has 3 rings (SSSR count). The standard InChI is InChI=1S/C23H25NO6/c1-4-29-10-11-30-18-7-5-6-16(12-18)23(27)24-15(2)19(14-22(25)26)20-13-17(28-3)8-9-21(20)24/h5-9,12-13H,4,10-11,14H2,1-3H3,(H,25,26). The van der Waals surface area contributed by atoms with Gasteiger partial charge < -0.3 is 19.3 Å². The van der Waals surface area contributed by atoms with Crippen LogP contribution in [-0.4, -0.2) is 48.5 Å². The van der Waals surface area contributed by atoms with Crippen LogP contribution in [0, 0.1) is 6.92 Å². The highest BCUT2D eigenvalue weighted by Crippen LogP contribution is 2.31. The Morgan fingerprint density at radius 2 is 1.87 bits per heavy atom. The third kappa shape index (κ3) is 4.46. The van der Waals surface area contributed by atoms with E-state index in [2.05, 4.69) is 0 Å². The smallest absolute Gasteiger partial charge is 0.307 e. The minimum absolute atomic E-state index is 0.184. The lowest BCUT2D eigenvalue weighted by Crippen LogP contribution is -2.14. The Kier molecular flexibility index (Phi) is 6.74. The summed E-state index contributed by atoms with van der Waals surface area (Å²) in [6.07, 6.45) is -0.184. The fourth-order valence-corrected chi connectivity index (χ4v) is 3.44. The van der Waals surface area contributed by atoms with Gasteiger partial charge in [-0.25, -0.2) is 0 Å². The van der Waals surface area contributed by atoms with Gasteiger partial charge in [0, 0.05) is 23.3 Å². The molecule has 0 spiro atoms. The van der Waals surface area contributed by atoms with Gasteiger partial charge in [0.15, 0.2) is 0 Å². The molecule has 0 saturated carbocycles. The molecule has 7 nitrogen and oxygen atoms in total. The molecule has 158 valence electrons. The van der Waals surface area contributed by atoms with Crippen LogP contribution in [0.25, 0.3) is 10.9 Å². The van der Waals surface area contributed by atoms with Crippen LogP contribution in [0.3, 0.4) is 0 Å². The van der Waals surface area contributed by atoms with Gasteiger partial charge in [-0.2, -0.15) is 0 Å². The molecule has 0 aliphatic rings. The van der Waals surface area contributed by atoms with E-state index in [1.165, 1.54) is 0 Å². The van der Waals surface area contributed by atoms with E-state index in [-0.39, 0.29) is 12.3 Å². The number of aliphatic carboxylic acids is 1. The minimum Gasteiger partial charge on any atom is -0.497 e. The van der Waals surface area contributed by atoms with Gasteiger partial charge in [-0.05, 0) is 55.8 Å². The summed E-state index contributed by atoms with van der Waals surface area (Å²) < 4.78 is 17.8. The van der Waals surface area contributed by atoms with Crippen molar-refractivity contribution in [3.63, 3.8) is 0 Å². The van der Waals surface area contributed by atoms with Crippen molar-refractivity contribution in [1.29, 1.82) is 0 Å². The van der Waals surface area contributed by atoms with Gasteiger partial charge in [0.1, 0.15) is 18.1 Å². The molecule has 1 heterocycles. The summed E-state index contributed by atoms with van der Waals surface area (Å²) >= 11 is 0. The Labute approximate surface area is 174 Å². The SMILES string of the molecule is CCOCCOc1cccc(C(=O)n2c(C)c(CC(=O)O)c3cc(OC)ccc32)c1. The zero-order valence-electron chi connectivity index (χ0n) is 17.3. The number of ether oxygens (including phenoxy) is 3. The van der Waals surface area contributed by atoms with Crippen molar-refractivity contribution in [1.82, 2.24) is 4.57 Å². The van der Waals surface area contributed by atoms with Crippen molar-refractivity contribution in [3.05, 3.63) is 59.3 Å². The van der Waals surface area contributed by atoms with Crippen LogP contribution in [0.15, 0.2) is 42.5 Å². The molecule has 7 heteroatoms. The average Bonchev–Trinajstić information content (AvgIpc) is 3.01. The maximum absolute atomic E-state index is 13.4. The third-order valence-electron chi connectivity index (χ3n) is 4.85. The van der Waals surface area contributed by atoms with Gasteiger partial charge in [-0.3, -0.25) is 14.2 Å². The Morgan fingerprint density at radius 1 is 1.07 bits per heavy atom. The van der Waals surface area contributed by atoms with Crippen molar-refractivity contribution in [2.24, 2.45) is 0 Å². The van der Waals surface area contributed by atoms with Crippen molar-refractivity contribution in [3.8, 4) is 11.5 Å². The van der Waals surface area contributed by atoms with Crippen molar-refractivity contribution in [2.45, 2.75) is 20.3 Å². The molecule has 0 atom stereocenters. The molecule has 0 aliphatic carbocycles. The maximum atomic E-state index is 13.4. The number of fused-ring (bicyclic) bond motifs is 1. The Hall–Kier alpha value is -3.32. The fraction of sp³-hybridized carbons (Fsp3) is 0.304. The molecule has 30 heavy (non-hydrogen) atoms. The van der Waals surface area contributed by atoms with Gasteiger partial charge >= 0.3 is 5.97 Å². The predicted octanol–water partition coefficient (Wildman–Crippen LogP) is 3.69. The van der Waals surface area contributed by atoms with E-state index in [0.29, 0.717) is 59.0 Å². The van der Waals surface area contributed by atoms with Gasteiger partial charge in [-0.1, -0.05) is 6.07 Å². The quantitative estimate of drug-likeness (QED) is 0.541. The van der Waals surface area contributed by atoms with Gasteiger partial charge in [0.25, 0.3) is 5.91 Å². The third-order valence-corrected chi connectivity index (χ3v) is 4.85. The number of carboxylic acid groups (broad SMARTS) is 1. The van der Waals surface area contributed by atoms with E-state index in [4.69, 9.17) is 14.2 Å². The zero-order chi connectivity index (χ0) is 21.7. The molecule has 0 amide bonds. The normalized spacial score (nSPS) is 10.9. The number of hydrogen-bond donors (Lipinski definition) is 1. The summed E-state index contributed by atoms with van der Waals surface area (Å²) in [6.45, 7) is 5.14. The molecular formula is C23H25NO6. The van der Waals surface area contributed by atoms with E-state index < -0.39 is 5.97 Å². The minimum atomic E-state index is -0.961. The first-order valence-electron chi connectivity index (χ1n) is 9.71. The van der Waals surface area contributed by atoms with Gasteiger partial charge in [-0.15, -0.1) is 0 Å². The van der Waals surface area contributed by atoms with Gasteiger partial charge in [0.05, 0.1) is 25.7 Å². The molecule has 0 saturated heterocycles. The lowest BCUT2D eigenvalue weighted by atomic mass is 10.1. The second-order valence-electron chi connectivity index (χ2n) is 6.73. The molecule has 0 fully saturated rings. The van der Waals surface area contributed by atoms with Crippen molar-refractivity contribution in [2.75, 3.05) is 26.9 Å². The lowest BCUT2D eigenvalue weighted by Gasteiger charge is -2.10. The molecule has 3 aromatic rings. The van der Waals surface area contributed by atoms with E-state index >= 15 is 0 Å². The monoisotopic (exact) mass is 411 g/mol. The Morgan fingerprint density at radius 3 is 2.57 bits per heavy atom. The van der Waals surface area contributed by atoms with Crippen LogP contribution in [-0.2, 0) is 16.0 Å². The first kappa shape index (κ1) is 21.4. The topological polar surface area (TPSA) is 87.0 Å². The fourth-order valence-electron chi connectivity index (χ4n) is 3.44. The average molecular weight is 411 g/mol. The number of aromatic nitrogens is 1. The highest BCUT2D eigenvalue weighted by molar-refractivity contribution is 6.05. The second-order valence-corrected chi connectivity index (χ2v) is 6.73. The first-order chi connectivity index (χ1) is 14.5. The number of benzene rings is 2. The van der Waals surface area contributed by atoms with E-state index in [1.54, 1.807) is 61.1 Å². The molecule has 2 aromatic carbocycles. The van der Waals surface area contributed by atoms with E-state index in [1.807, 2.05) is 6.92 Å².